The molecule has 1 aromatic carbocycles. The topological polar surface area (TPSA) is 24.5 Å². The van der Waals surface area contributed by atoms with Crippen molar-refractivity contribution in [2.75, 3.05) is 32.8 Å². The molecule has 3 nitrogen and oxygen atoms in total. The van der Waals surface area contributed by atoms with E-state index in [4.69, 9.17) is 4.74 Å². The van der Waals surface area contributed by atoms with E-state index in [0.29, 0.717) is 12.1 Å². The summed E-state index contributed by atoms with van der Waals surface area (Å²) in [5.74, 6) is 0. The molecule has 1 aliphatic heterocycles. The second-order valence-electron chi connectivity index (χ2n) is 5.99. The molecule has 0 amide bonds. The van der Waals surface area contributed by atoms with Gasteiger partial charge >= 0.3 is 0 Å². The second-order valence-corrected chi connectivity index (χ2v) is 5.99. The number of rotatable bonds is 7. The van der Waals surface area contributed by atoms with Gasteiger partial charge in [0.05, 0.1) is 12.7 Å². The van der Waals surface area contributed by atoms with Gasteiger partial charge < -0.3 is 10.1 Å². The van der Waals surface area contributed by atoms with Gasteiger partial charge in [0.2, 0.25) is 0 Å². The van der Waals surface area contributed by atoms with Gasteiger partial charge in [-0.2, -0.15) is 0 Å². The Morgan fingerprint density at radius 3 is 2.86 bits per heavy atom. The molecule has 2 unspecified atom stereocenters. The summed E-state index contributed by atoms with van der Waals surface area (Å²) in [6.07, 6.45) is 2.51. The lowest BCUT2D eigenvalue weighted by Gasteiger charge is -2.37. The molecule has 1 aliphatic rings. The van der Waals surface area contributed by atoms with Crippen LogP contribution in [0.4, 0.5) is 0 Å². The van der Waals surface area contributed by atoms with Crippen LogP contribution >= 0.6 is 0 Å². The molecule has 118 valence electrons. The third-order valence-corrected chi connectivity index (χ3v) is 4.43. The number of likely N-dealkylation sites (N-methyl/N-ethyl adjacent to an activating group) is 1. The van der Waals surface area contributed by atoms with E-state index >= 15 is 0 Å². The van der Waals surface area contributed by atoms with Gasteiger partial charge in [-0.05, 0) is 44.0 Å². The highest BCUT2D eigenvalue weighted by atomic mass is 16.5. The SMILES string of the molecule is CCCNC(Cc1ccccc1C)C1CN(CC)CCO1. The maximum Gasteiger partial charge on any atom is 0.0858 e. The Labute approximate surface area is 129 Å². The van der Waals surface area contributed by atoms with Crippen LogP contribution in [0.2, 0.25) is 0 Å². The molecule has 2 rings (SSSR count). The summed E-state index contributed by atoms with van der Waals surface area (Å²) in [6, 6.07) is 9.10. The maximum atomic E-state index is 6.08. The van der Waals surface area contributed by atoms with E-state index in [2.05, 4.69) is 55.3 Å². The van der Waals surface area contributed by atoms with Gasteiger partial charge in [0, 0.05) is 19.1 Å². The van der Waals surface area contributed by atoms with Crippen LogP contribution in [0.15, 0.2) is 24.3 Å². The molecule has 1 aromatic rings. The number of ether oxygens (including phenoxy) is 1. The van der Waals surface area contributed by atoms with Crippen LogP contribution in [0.3, 0.4) is 0 Å². The molecule has 1 N–H and O–H groups in total. The molecular formula is C18H30N2O. The first-order chi connectivity index (χ1) is 10.2. The lowest BCUT2D eigenvalue weighted by atomic mass is 9.96. The number of nitrogens with zero attached hydrogens (tertiary/aromatic N) is 1. The normalized spacial score (nSPS) is 21.4. The van der Waals surface area contributed by atoms with Gasteiger partial charge in [0.1, 0.15) is 0 Å². The first-order valence-corrected chi connectivity index (χ1v) is 8.36. The van der Waals surface area contributed by atoms with Crippen molar-refractivity contribution in [3.63, 3.8) is 0 Å². The molecule has 1 saturated heterocycles. The van der Waals surface area contributed by atoms with Crippen molar-refractivity contribution in [3.8, 4) is 0 Å². The summed E-state index contributed by atoms with van der Waals surface area (Å²) in [7, 11) is 0. The Hall–Kier alpha value is -0.900. The summed E-state index contributed by atoms with van der Waals surface area (Å²) >= 11 is 0. The summed E-state index contributed by atoms with van der Waals surface area (Å²) in [5, 5.41) is 3.71. The minimum Gasteiger partial charge on any atom is -0.374 e. The van der Waals surface area contributed by atoms with Gasteiger partial charge in [0.15, 0.2) is 0 Å². The van der Waals surface area contributed by atoms with Gasteiger partial charge in [0.25, 0.3) is 0 Å². The maximum absolute atomic E-state index is 6.08. The smallest absolute Gasteiger partial charge is 0.0858 e. The highest BCUT2D eigenvalue weighted by Gasteiger charge is 2.27. The van der Waals surface area contributed by atoms with Crippen molar-refractivity contribution < 1.29 is 4.74 Å². The molecule has 0 aliphatic carbocycles. The fourth-order valence-electron chi connectivity index (χ4n) is 3.00. The van der Waals surface area contributed by atoms with Crippen molar-refractivity contribution in [2.45, 2.75) is 45.8 Å². The van der Waals surface area contributed by atoms with E-state index in [1.807, 2.05) is 0 Å². The van der Waals surface area contributed by atoms with Crippen molar-refractivity contribution >= 4 is 0 Å². The number of morpholine rings is 1. The zero-order valence-electron chi connectivity index (χ0n) is 13.8. The second kappa shape index (κ2) is 8.52. The number of benzene rings is 1. The van der Waals surface area contributed by atoms with Crippen molar-refractivity contribution in [1.29, 1.82) is 0 Å². The van der Waals surface area contributed by atoms with Crippen LogP contribution in [0.25, 0.3) is 0 Å². The van der Waals surface area contributed by atoms with Crippen molar-refractivity contribution in [1.82, 2.24) is 10.2 Å². The fourth-order valence-corrected chi connectivity index (χ4v) is 3.00. The lowest BCUT2D eigenvalue weighted by Crippen LogP contribution is -2.53. The average molecular weight is 290 g/mol. The van der Waals surface area contributed by atoms with Gasteiger partial charge in [-0.15, -0.1) is 0 Å². The first kappa shape index (κ1) is 16.5. The molecule has 0 saturated carbocycles. The monoisotopic (exact) mass is 290 g/mol. The minimum atomic E-state index is 0.296. The van der Waals surface area contributed by atoms with Crippen molar-refractivity contribution in [3.05, 3.63) is 35.4 Å². The van der Waals surface area contributed by atoms with E-state index < -0.39 is 0 Å². The molecule has 2 atom stereocenters. The number of nitrogens with one attached hydrogen (secondary N) is 1. The zero-order valence-corrected chi connectivity index (χ0v) is 13.8. The number of aryl methyl sites for hydroxylation is 1. The molecule has 0 spiro atoms. The highest BCUT2D eigenvalue weighted by molar-refractivity contribution is 5.26. The average Bonchev–Trinajstić information content (AvgIpc) is 2.53. The van der Waals surface area contributed by atoms with Crippen LogP contribution < -0.4 is 5.32 Å². The minimum absolute atomic E-state index is 0.296. The van der Waals surface area contributed by atoms with E-state index in [0.717, 1.165) is 45.6 Å². The first-order valence-electron chi connectivity index (χ1n) is 8.36. The largest absolute Gasteiger partial charge is 0.374 e. The fraction of sp³-hybridized carbons (Fsp3) is 0.667. The highest BCUT2D eigenvalue weighted by Crippen LogP contribution is 2.16. The Morgan fingerprint density at radius 2 is 2.14 bits per heavy atom. The third kappa shape index (κ3) is 4.80. The molecule has 1 fully saturated rings. The van der Waals surface area contributed by atoms with Crippen LogP contribution in [0, 0.1) is 6.92 Å². The van der Waals surface area contributed by atoms with E-state index in [1.165, 1.54) is 11.1 Å². The van der Waals surface area contributed by atoms with Crippen LogP contribution in [0.1, 0.15) is 31.4 Å². The van der Waals surface area contributed by atoms with Crippen LogP contribution in [-0.2, 0) is 11.2 Å². The lowest BCUT2D eigenvalue weighted by molar-refractivity contribution is -0.0447. The van der Waals surface area contributed by atoms with Crippen molar-refractivity contribution in [2.24, 2.45) is 0 Å². The Morgan fingerprint density at radius 1 is 1.33 bits per heavy atom. The molecule has 0 aromatic heterocycles. The summed E-state index contributed by atoms with van der Waals surface area (Å²) in [5.41, 5.74) is 2.81. The quantitative estimate of drug-likeness (QED) is 0.835. The molecule has 0 bridgehead atoms. The molecule has 3 heteroatoms. The van der Waals surface area contributed by atoms with Gasteiger partial charge in [-0.25, -0.2) is 0 Å². The number of hydrogen-bond donors (Lipinski definition) is 1. The van der Waals surface area contributed by atoms with E-state index in [-0.39, 0.29) is 0 Å². The van der Waals surface area contributed by atoms with E-state index in [9.17, 15) is 0 Å². The molecule has 1 heterocycles. The Bertz CT molecular complexity index is 421. The van der Waals surface area contributed by atoms with Gasteiger partial charge in [-0.1, -0.05) is 38.1 Å². The molecule has 0 radical (unpaired) electrons. The Kier molecular flexibility index (Phi) is 6.68. The van der Waals surface area contributed by atoms with Crippen LogP contribution in [0.5, 0.6) is 0 Å². The molecule has 21 heavy (non-hydrogen) atoms. The summed E-state index contributed by atoms with van der Waals surface area (Å²) in [4.78, 5) is 2.49. The van der Waals surface area contributed by atoms with E-state index in [1.54, 1.807) is 0 Å². The third-order valence-electron chi connectivity index (χ3n) is 4.43. The predicted molar refractivity (Wildman–Crippen MR) is 88.8 cm³/mol. The standard InChI is InChI=1S/C18H30N2O/c1-4-10-19-17(13-16-9-7-6-8-15(16)3)18-14-20(5-2)11-12-21-18/h6-9,17-19H,4-5,10-14H2,1-3H3. The zero-order chi connectivity index (χ0) is 15.1. The summed E-state index contributed by atoms with van der Waals surface area (Å²) < 4.78 is 6.08. The summed E-state index contributed by atoms with van der Waals surface area (Å²) in [6.45, 7) is 11.8. The van der Waals surface area contributed by atoms with Crippen LogP contribution in [-0.4, -0.2) is 49.8 Å². The van der Waals surface area contributed by atoms with Gasteiger partial charge in [-0.3, -0.25) is 4.90 Å². The Balaban J connectivity index is 2.05. The molecular weight excluding hydrogens is 260 g/mol. The number of hydrogen-bond acceptors (Lipinski definition) is 3. The predicted octanol–water partition coefficient (Wildman–Crippen LogP) is 2.63.